The molecule has 1 aromatic heterocycles. The highest BCUT2D eigenvalue weighted by Gasteiger charge is 2.20. The molecule has 0 spiro atoms. The molecule has 5 nitrogen and oxygen atoms in total. The van der Waals surface area contributed by atoms with Crippen LogP contribution in [0.4, 0.5) is 5.82 Å². The van der Waals surface area contributed by atoms with Crippen molar-refractivity contribution in [2.45, 2.75) is 32.4 Å². The fourth-order valence-corrected chi connectivity index (χ4v) is 2.30. The summed E-state index contributed by atoms with van der Waals surface area (Å²) < 4.78 is 0. The number of aromatic nitrogens is 1. The molecular formula is C13H20N4O. The predicted octanol–water partition coefficient (Wildman–Crippen LogP) is 0.645. The fraction of sp³-hybridized carbons (Fsp3) is 0.538. The van der Waals surface area contributed by atoms with Gasteiger partial charge < -0.3 is 16.0 Å². The van der Waals surface area contributed by atoms with Crippen molar-refractivity contribution in [3.8, 4) is 0 Å². The Bertz CT molecular complexity index is 413. The molecule has 5 heteroatoms. The van der Waals surface area contributed by atoms with E-state index in [0.717, 1.165) is 37.3 Å². The maximum Gasteiger partial charge on any atom is 0.217 e. The summed E-state index contributed by atoms with van der Waals surface area (Å²) in [6.07, 6.45) is 3.74. The van der Waals surface area contributed by atoms with Gasteiger partial charge in [0.1, 0.15) is 5.82 Å². The summed E-state index contributed by atoms with van der Waals surface area (Å²) in [6, 6.07) is 4.28. The number of hydrogen-bond donors (Lipinski definition) is 2. The molecule has 0 atom stereocenters. The number of carbonyl (C=O) groups is 1. The zero-order valence-corrected chi connectivity index (χ0v) is 10.7. The van der Waals surface area contributed by atoms with E-state index in [1.807, 2.05) is 12.1 Å². The molecule has 18 heavy (non-hydrogen) atoms. The summed E-state index contributed by atoms with van der Waals surface area (Å²) in [7, 11) is 0. The van der Waals surface area contributed by atoms with Crippen LogP contribution in [0, 0.1) is 0 Å². The van der Waals surface area contributed by atoms with Gasteiger partial charge >= 0.3 is 0 Å². The van der Waals surface area contributed by atoms with Crippen molar-refractivity contribution in [1.29, 1.82) is 0 Å². The van der Waals surface area contributed by atoms with E-state index in [4.69, 9.17) is 5.73 Å². The number of carbonyl (C=O) groups excluding carboxylic acids is 1. The van der Waals surface area contributed by atoms with Crippen LogP contribution >= 0.6 is 0 Å². The van der Waals surface area contributed by atoms with Crippen LogP contribution in [0.15, 0.2) is 18.3 Å². The van der Waals surface area contributed by atoms with E-state index in [1.165, 1.54) is 0 Å². The second-order valence-corrected chi connectivity index (χ2v) is 4.69. The Hall–Kier alpha value is -1.62. The Balaban J connectivity index is 1.94. The zero-order chi connectivity index (χ0) is 13.0. The first-order valence-electron chi connectivity index (χ1n) is 6.36. The van der Waals surface area contributed by atoms with E-state index < -0.39 is 0 Å². The molecule has 1 fully saturated rings. The topological polar surface area (TPSA) is 71.2 Å². The van der Waals surface area contributed by atoms with E-state index >= 15 is 0 Å². The molecule has 0 unspecified atom stereocenters. The lowest BCUT2D eigenvalue weighted by molar-refractivity contribution is -0.119. The molecule has 0 bridgehead atoms. The average molecular weight is 248 g/mol. The second kappa shape index (κ2) is 5.82. The fourth-order valence-electron chi connectivity index (χ4n) is 2.30. The van der Waals surface area contributed by atoms with Crippen molar-refractivity contribution in [3.05, 3.63) is 23.9 Å². The van der Waals surface area contributed by atoms with Gasteiger partial charge in [-0.15, -0.1) is 0 Å². The summed E-state index contributed by atoms with van der Waals surface area (Å²) >= 11 is 0. The Kier molecular flexibility index (Phi) is 4.15. The SMILES string of the molecule is CC(=O)NC1CCN(c2cc(CN)ccn2)CC1. The lowest BCUT2D eigenvalue weighted by Gasteiger charge is -2.33. The highest BCUT2D eigenvalue weighted by atomic mass is 16.1. The molecule has 0 aliphatic carbocycles. The number of amides is 1. The minimum absolute atomic E-state index is 0.0525. The van der Waals surface area contributed by atoms with Gasteiger partial charge in [0.2, 0.25) is 5.91 Å². The standard InChI is InChI=1S/C13H20N4O/c1-10(18)16-12-3-6-17(7-4-12)13-8-11(9-14)2-5-15-13/h2,5,8,12H,3-4,6-7,9,14H2,1H3,(H,16,18). The van der Waals surface area contributed by atoms with Gasteiger partial charge in [0.05, 0.1) is 0 Å². The van der Waals surface area contributed by atoms with E-state index in [2.05, 4.69) is 15.2 Å². The smallest absolute Gasteiger partial charge is 0.217 e. The third-order valence-corrected chi connectivity index (χ3v) is 3.27. The number of hydrogen-bond acceptors (Lipinski definition) is 4. The summed E-state index contributed by atoms with van der Waals surface area (Å²) in [6.45, 7) is 3.95. The predicted molar refractivity (Wildman–Crippen MR) is 71.2 cm³/mol. The van der Waals surface area contributed by atoms with Gasteiger partial charge in [0.25, 0.3) is 0 Å². The van der Waals surface area contributed by atoms with E-state index in [9.17, 15) is 4.79 Å². The number of nitrogens with two attached hydrogens (primary N) is 1. The van der Waals surface area contributed by atoms with Crippen LogP contribution in [0.2, 0.25) is 0 Å². The van der Waals surface area contributed by atoms with Crippen molar-refractivity contribution in [1.82, 2.24) is 10.3 Å². The van der Waals surface area contributed by atoms with Gasteiger partial charge in [-0.05, 0) is 30.5 Å². The second-order valence-electron chi connectivity index (χ2n) is 4.69. The molecule has 1 saturated heterocycles. The molecule has 98 valence electrons. The summed E-state index contributed by atoms with van der Waals surface area (Å²) in [5, 5.41) is 2.97. The molecule has 0 aromatic carbocycles. The highest BCUT2D eigenvalue weighted by Crippen LogP contribution is 2.18. The van der Waals surface area contributed by atoms with Crippen LogP contribution in [0.1, 0.15) is 25.3 Å². The summed E-state index contributed by atoms with van der Waals surface area (Å²) in [5.41, 5.74) is 6.73. The third kappa shape index (κ3) is 3.20. The molecule has 1 aliphatic rings. The van der Waals surface area contributed by atoms with Gasteiger partial charge in [0.15, 0.2) is 0 Å². The Morgan fingerprint density at radius 3 is 2.89 bits per heavy atom. The minimum atomic E-state index is 0.0525. The molecule has 2 heterocycles. The molecule has 2 rings (SSSR count). The Labute approximate surface area is 107 Å². The van der Waals surface area contributed by atoms with E-state index in [1.54, 1.807) is 13.1 Å². The first kappa shape index (κ1) is 12.8. The van der Waals surface area contributed by atoms with E-state index in [0.29, 0.717) is 12.6 Å². The van der Waals surface area contributed by atoms with Gasteiger partial charge in [-0.1, -0.05) is 0 Å². The number of nitrogens with one attached hydrogen (secondary N) is 1. The number of rotatable bonds is 3. The molecule has 1 aliphatic heterocycles. The first-order chi connectivity index (χ1) is 8.69. The molecule has 1 aromatic rings. The van der Waals surface area contributed by atoms with Gasteiger partial charge in [0, 0.05) is 38.8 Å². The normalized spacial score (nSPS) is 16.7. The Morgan fingerprint density at radius 2 is 2.28 bits per heavy atom. The molecular weight excluding hydrogens is 228 g/mol. The molecule has 1 amide bonds. The highest BCUT2D eigenvalue weighted by molar-refractivity contribution is 5.73. The van der Waals surface area contributed by atoms with Crippen LogP contribution in [0.3, 0.4) is 0 Å². The van der Waals surface area contributed by atoms with Crippen molar-refractivity contribution in [2.24, 2.45) is 5.73 Å². The van der Waals surface area contributed by atoms with Gasteiger partial charge in [-0.2, -0.15) is 0 Å². The van der Waals surface area contributed by atoms with Gasteiger partial charge in [-0.3, -0.25) is 4.79 Å². The van der Waals surface area contributed by atoms with Crippen molar-refractivity contribution >= 4 is 11.7 Å². The van der Waals surface area contributed by atoms with Crippen LogP contribution < -0.4 is 16.0 Å². The number of anilines is 1. The third-order valence-electron chi connectivity index (χ3n) is 3.27. The van der Waals surface area contributed by atoms with Crippen molar-refractivity contribution in [3.63, 3.8) is 0 Å². The molecule has 3 N–H and O–H groups in total. The summed E-state index contributed by atoms with van der Waals surface area (Å²) in [4.78, 5) is 17.6. The largest absolute Gasteiger partial charge is 0.356 e. The van der Waals surface area contributed by atoms with E-state index in [-0.39, 0.29) is 5.91 Å². The number of nitrogens with zero attached hydrogens (tertiary/aromatic N) is 2. The number of piperidine rings is 1. The lowest BCUT2D eigenvalue weighted by atomic mass is 10.0. The minimum Gasteiger partial charge on any atom is -0.356 e. The maximum atomic E-state index is 11.0. The lowest BCUT2D eigenvalue weighted by Crippen LogP contribution is -2.44. The van der Waals surface area contributed by atoms with Crippen LogP contribution in [0.5, 0.6) is 0 Å². The molecule has 0 radical (unpaired) electrons. The van der Waals surface area contributed by atoms with Crippen molar-refractivity contribution in [2.75, 3.05) is 18.0 Å². The quantitative estimate of drug-likeness (QED) is 0.823. The zero-order valence-electron chi connectivity index (χ0n) is 10.7. The average Bonchev–Trinajstić information content (AvgIpc) is 2.39. The van der Waals surface area contributed by atoms with Crippen LogP contribution in [0.25, 0.3) is 0 Å². The van der Waals surface area contributed by atoms with Crippen LogP contribution in [-0.4, -0.2) is 30.0 Å². The first-order valence-corrected chi connectivity index (χ1v) is 6.36. The van der Waals surface area contributed by atoms with Gasteiger partial charge in [-0.25, -0.2) is 4.98 Å². The summed E-state index contributed by atoms with van der Waals surface area (Å²) in [5.74, 6) is 1.04. The monoisotopic (exact) mass is 248 g/mol. The van der Waals surface area contributed by atoms with Crippen molar-refractivity contribution < 1.29 is 4.79 Å². The molecule has 0 saturated carbocycles. The maximum absolute atomic E-state index is 11.0. The van der Waals surface area contributed by atoms with Crippen LogP contribution in [-0.2, 0) is 11.3 Å². The Morgan fingerprint density at radius 1 is 1.56 bits per heavy atom. The number of pyridine rings is 1.